The van der Waals surface area contributed by atoms with Crippen LogP contribution in [0, 0.1) is 0 Å². The highest BCUT2D eigenvalue weighted by atomic mass is 19.4. The number of benzene rings is 1. The number of ether oxygens (including phenoxy) is 2. The summed E-state index contributed by atoms with van der Waals surface area (Å²) in [5.74, 6) is -0.821. The monoisotopic (exact) mass is 457 g/mol. The van der Waals surface area contributed by atoms with Crippen LogP contribution in [0.4, 0.5) is 13.2 Å². The summed E-state index contributed by atoms with van der Waals surface area (Å²) in [6.45, 7) is -1.47. The summed E-state index contributed by atoms with van der Waals surface area (Å²) >= 11 is 0. The van der Waals surface area contributed by atoms with Crippen LogP contribution in [0.1, 0.15) is 10.4 Å². The minimum atomic E-state index is -4.54. The van der Waals surface area contributed by atoms with E-state index in [-0.39, 0.29) is 17.1 Å². The minimum absolute atomic E-state index is 0.0680. The Balaban J connectivity index is 1.74. The molecule has 170 valence electrons. The summed E-state index contributed by atoms with van der Waals surface area (Å²) < 4.78 is 50.1. The number of nitrogens with one attached hydrogen (secondary N) is 1. The maximum Gasteiger partial charge on any atom is 0.405 e. The van der Waals surface area contributed by atoms with Crippen molar-refractivity contribution in [1.29, 1.82) is 0 Å². The molecule has 0 spiro atoms. The van der Waals surface area contributed by atoms with Crippen molar-refractivity contribution >= 4 is 11.6 Å². The first-order valence-electron chi connectivity index (χ1n) is 9.66. The molecule has 4 rings (SSSR count). The predicted octanol–water partition coefficient (Wildman–Crippen LogP) is 3.77. The number of aromatic nitrogens is 4. The topological polar surface area (TPSA) is 90.6 Å². The van der Waals surface area contributed by atoms with Crippen molar-refractivity contribution in [3.8, 4) is 33.9 Å². The van der Waals surface area contributed by atoms with Crippen molar-refractivity contribution in [2.45, 2.75) is 6.18 Å². The number of methoxy groups -OCH3 is 2. The Morgan fingerprint density at radius 1 is 1.00 bits per heavy atom. The van der Waals surface area contributed by atoms with Gasteiger partial charge in [0.15, 0.2) is 0 Å². The molecule has 0 aliphatic carbocycles. The predicted molar refractivity (Wildman–Crippen MR) is 113 cm³/mol. The highest BCUT2D eigenvalue weighted by Crippen LogP contribution is 2.36. The number of rotatable bonds is 6. The van der Waals surface area contributed by atoms with E-state index in [4.69, 9.17) is 9.47 Å². The first kappa shape index (κ1) is 22.1. The quantitative estimate of drug-likeness (QED) is 0.474. The number of hydrogen-bond acceptors (Lipinski definition) is 6. The molecule has 8 nitrogen and oxygen atoms in total. The Morgan fingerprint density at radius 3 is 2.33 bits per heavy atom. The Labute approximate surface area is 186 Å². The number of carbonyl (C=O) groups is 1. The second-order valence-corrected chi connectivity index (χ2v) is 6.97. The Hall–Kier alpha value is -4.15. The summed E-state index contributed by atoms with van der Waals surface area (Å²) in [5, 5.41) is 9.50. The van der Waals surface area contributed by atoms with Crippen LogP contribution in [-0.4, -0.2) is 52.4 Å². The molecule has 0 saturated heterocycles. The maximum absolute atomic E-state index is 12.5. The Bertz CT molecular complexity index is 1280. The molecule has 0 atom stereocenters. The second kappa shape index (κ2) is 8.77. The van der Waals surface area contributed by atoms with Crippen molar-refractivity contribution in [3.63, 3.8) is 0 Å². The standard InChI is InChI=1S/C22H18F3N5O3/c1-32-17-7-15(8-18(33-2)20(17)21(31)27-12-22(23,24)25)16-11-26-19-9-13(4-6-30(16)19)14-3-5-28-29-10-14/h3-11H,12H2,1-2H3,(H,27,31). The molecule has 0 radical (unpaired) electrons. The van der Waals surface area contributed by atoms with Crippen LogP contribution >= 0.6 is 0 Å². The van der Waals surface area contributed by atoms with E-state index in [1.807, 2.05) is 34.1 Å². The van der Waals surface area contributed by atoms with Crippen LogP contribution in [0.15, 0.2) is 55.1 Å². The molecule has 4 aromatic rings. The molecule has 11 heteroatoms. The van der Waals surface area contributed by atoms with Crippen LogP contribution in [0.2, 0.25) is 0 Å². The average Bonchev–Trinajstić information content (AvgIpc) is 3.25. The summed E-state index contributed by atoms with van der Waals surface area (Å²) in [4.78, 5) is 16.9. The zero-order valence-corrected chi connectivity index (χ0v) is 17.6. The van der Waals surface area contributed by atoms with E-state index in [0.717, 1.165) is 11.1 Å². The van der Waals surface area contributed by atoms with Crippen molar-refractivity contribution < 1.29 is 27.4 Å². The van der Waals surface area contributed by atoms with Crippen molar-refractivity contribution in [3.05, 3.63) is 60.7 Å². The highest BCUT2D eigenvalue weighted by molar-refractivity contribution is 6.00. The van der Waals surface area contributed by atoms with Crippen LogP contribution < -0.4 is 14.8 Å². The Morgan fingerprint density at radius 2 is 1.73 bits per heavy atom. The minimum Gasteiger partial charge on any atom is -0.496 e. The van der Waals surface area contributed by atoms with Gasteiger partial charge in [0, 0.05) is 17.3 Å². The van der Waals surface area contributed by atoms with Gasteiger partial charge in [-0.1, -0.05) is 0 Å². The van der Waals surface area contributed by atoms with Gasteiger partial charge >= 0.3 is 6.18 Å². The molecule has 3 heterocycles. The number of imidazole rings is 1. The zero-order chi connectivity index (χ0) is 23.6. The average molecular weight is 457 g/mol. The molecule has 0 saturated carbocycles. The fourth-order valence-electron chi connectivity index (χ4n) is 3.39. The SMILES string of the molecule is COc1cc(-c2cnc3cc(-c4ccnnc4)ccn23)cc(OC)c1C(=O)NCC(F)(F)F. The molecule has 0 unspecified atom stereocenters. The third kappa shape index (κ3) is 4.56. The summed E-state index contributed by atoms with van der Waals surface area (Å²) in [6.07, 6.45) is 2.17. The van der Waals surface area contributed by atoms with Gasteiger partial charge in [-0.3, -0.25) is 9.20 Å². The van der Waals surface area contributed by atoms with E-state index >= 15 is 0 Å². The number of amides is 1. The smallest absolute Gasteiger partial charge is 0.405 e. The lowest BCUT2D eigenvalue weighted by atomic mass is 10.1. The van der Waals surface area contributed by atoms with Gasteiger partial charge in [0.05, 0.1) is 38.5 Å². The normalized spacial score (nSPS) is 11.4. The number of fused-ring (bicyclic) bond motifs is 1. The lowest BCUT2D eigenvalue weighted by molar-refractivity contribution is -0.123. The number of alkyl halides is 3. The van der Waals surface area contributed by atoms with Gasteiger partial charge in [-0.05, 0) is 35.9 Å². The van der Waals surface area contributed by atoms with E-state index in [1.165, 1.54) is 14.2 Å². The Kier molecular flexibility index (Phi) is 5.86. The van der Waals surface area contributed by atoms with Crippen LogP contribution in [0.3, 0.4) is 0 Å². The summed E-state index contributed by atoms with van der Waals surface area (Å²) in [5.41, 5.74) is 3.58. The number of halogens is 3. The van der Waals surface area contributed by atoms with Gasteiger partial charge in [-0.2, -0.15) is 23.4 Å². The number of pyridine rings is 1. The summed E-state index contributed by atoms with van der Waals surface area (Å²) in [6, 6.07) is 8.71. The van der Waals surface area contributed by atoms with Crippen LogP contribution in [-0.2, 0) is 0 Å². The second-order valence-electron chi connectivity index (χ2n) is 6.97. The molecule has 1 N–H and O–H groups in total. The van der Waals surface area contributed by atoms with Crippen LogP contribution in [0.25, 0.3) is 28.0 Å². The van der Waals surface area contributed by atoms with E-state index in [2.05, 4.69) is 15.2 Å². The van der Waals surface area contributed by atoms with Gasteiger partial charge in [-0.25, -0.2) is 4.98 Å². The highest BCUT2D eigenvalue weighted by Gasteiger charge is 2.30. The molecule has 0 bridgehead atoms. The molecule has 0 aliphatic heterocycles. The zero-order valence-electron chi connectivity index (χ0n) is 17.6. The lowest BCUT2D eigenvalue weighted by Gasteiger charge is -2.16. The van der Waals surface area contributed by atoms with Crippen LogP contribution in [0.5, 0.6) is 11.5 Å². The van der Waals surface area contributed by atoms with Gasteiger partial charge in [-0.15, -0.1) is 0 Å². The van der Waals surface area contributed by atoms with Crippen molar-refractivity contribution in [1.82, 2.24) is 24.9 Å². The number of hydrogen-bond donors (Lipinski definition) is 1. The number of carbonyl (C=O) groups excluding carboxylic acids is 1. The fourth-order valence-corrected chi connectivity index (χ4v) is 3.39. The van der Waals surface area contributed by atoms with Crippen molar-refractivity contribution in [2.24, 2.45) is 0 Å². The molecule has 0 aliphatic rings. The fraction of sp³-hybridized carbons (Fsp3) is 0.182. The molecular weight excluding hydrogens is 439 g/mol. The van der Waals surface area contributed by atoms with E-state index < -0.39 is 18.6 Å². The maximum atomic E-state index is 12.5. The third-order valence-corrected chi connectivity index (χ3v) is 4.91. The largest absolute Gasteiger partial charge is 0.496 e. The van der Waals surface area contributed by atoms with Gasteiger partial charge in [0.25, 0.3) is 5.91 Å². The van der Waals surface area contributed by atoms with Gasteiger partial charge in [0.1, 0.15) is 29.3 Å². The lowest BCUT2D eigenvalue weighted by Crippen LogP contribution is -2.34. The van der Waals surface area contributed by atoms with E-state index in [1.54, 1.807) is 30.7 Å². The first-order chi connectivity index (χ1) is 15.8. The molecule has 3 aromatic heterocycles. The number of nitrogens with zero attached hydrogens (tertiary/aromatic N) is 4. The molecule has 33 heavy (non-hydrogen) atoms. The molecule has 1 amide bonds. The first-order valence-corrected chi connectivity index (χ1v) is 9.66. The third-order valence-electron chi connectivity index (χ3n) is 4.91. The molecule has 1 aromatic carbocycles. The van der Waals surface area contributed by atoms with Crippen molar-refractivity contribution in [2.75, 3.05) is 20.8 Å². The van der Waals surface area contributed by atoms with Gasteiger partial charge in [0.2, 0.25) is 0 Å². The van der Waals surface area contributed by atoms with E-state index in [0.29, 0.717) is 16.9 Å². The molecular formula is C22H18F3N5O3. The molecule has 0 fully saturated rings. The summed E-state index contributed by atoms with van der Waals surface area (Å²) in [7, 11) is 2.64. The van der Waals surface area contributed by atoms with Gasteiger partial charge < -0.3 is 14.8 Å². The van der Waals surface area contributed by atoms with E-state index in [9.17, 15) is 18.0 Å².